The Kier molecular flexibility index (Phi) is 5.71. The first kappa shape index (κ1) is 20.6. The molecule has 0 aliphatic carbocycles. The van der Waals surface area contributed by atoms with Gasteiger partial charge in [0.1, 0.15) is 17.7 Å². The molecule has 1 amide bonds. The fourth-order valence-electron chi connectivity index (χ4n) is 3.89. The van der Waals surface area contributed by atoms with Gasteiger partial charge in [-0.2, -0.15) is 0 Å². The molecule has 0 saturated carbocycles. The van der Waals surface area contributed by atoms with Gasteiger partial charge in [-0.1, -0.05) is 42.5 Å². The summed E-state index contributed by atoms with van der Waals surface area (Å²) in [5, 5.41) is 3.06. The van der Waals surface area contributed by atoms with Gasteiger partial charge in [0.2, 0.25) is 0 Å². The number of hydrogen-bond donors (Lipinski definition) is 1. The van der Waals surface area contributed by atoms with Crippen molar-refractivity contribution in [2.75, 3.05) is 0 Å². The van der Waals surface area contributed by atoms with E-state index in [0.29, 0.717) is 23.5 Å². The standard InChI is InChI=1S/C25H25FN4O/c1-17-14-22(18(2)30(17)16-19-8-5-4-6-9-19)25(31)28-23(24-27-12-13-29(24)3)20-10-7-11-21(26)15-20/h4-15,23H,16H2,1-3H3,(H,28,31). The largest absolute Gasteiger partial charge is 0.344 e. The van der Waals surface area contributed by atoms with Crippen molar-refractivity contribution in [1.82, 2.24) is 19.4 Å². The van der Waals surface area contributed by atoms with Gasteiger partial charge in [0.25, 0.3) is 5.91 Å². The Bertz CT molecular complexity index is 1210. The molecule has 5 nitrogen and oxygen atoms in total. The van der Waals surface area contributed by atoms with Crippen molar-refractivity contribution < 1.29 is 9.18 Å². The van der Waals surface area contributed by atoms with E-state index in [4.69, 9.17) is 0 Å². The van der Waals surface area contributed by atoms with Gasteiger partial charge in [-0.15, -0.1) is 0 Å². The summed E-state index contributed by atoms with van der Waals surface area (Å²) in [6, 6.07) is 17.7. The first-order chi connectivity index (χ1) is 14.9. The molecule has 6 heteroatoms. The molecule has 158 valence electrons. The lowest BCUT2D eigenvalue weighted by Gasteiger charge is -2.19. The molecule has 1 unspecified atom stereocenters. The fourth-order valence-corrected chi connectivity index (χ4v) is 3.89. The third-order valence-electron chi connectivity index (χ3n) is 5.58. The number of imidazole rings is 1. The van der Waals surface area contributed by atoms with E-state index in [-0.39, 0.29) is 11.7 Å². The van der Waals surface area contributed by atoms with E-state index in [2.05, 4.69) is 27.0 Å². The third kappa shape index (κ3) is 4.28. The molecule has 2 heterocycles. The highest BCUT2D eigenvalue weighted by atomic mass is 19.1. The Morgan fingerprint density at radius 2 is 1.87 bits per heavy atom. The van der Waals surface area contributed by atoms with Gasteiger partial charge < -0.3 is 14.5 Å². The van der Waals surface area contributed by atoms with E-state index in [1.807, 2.05) is 49.7 Å². The molecule has 1 N–H and O–H groups in total. The van der Waals surface area contributed by atoms with Crippen LogP contribution in [0.4, 0.5) is 4.39 Å². The van der Waals surface area contributed by atoms with Gasteiger partial charge in [0.15, 0.2) is 0 Å². The Labute approximate surface area is 181 Å². The molecule has 0 spiro atoms. The predicted octanol–water partition coefficient (Wildman–Crippen LogP) is 4.55. The summed E-state index contributed by atoms with van der Waals surface area (Å²) in [5.74, 6) is 0.0636. The average Bonchev–Trinajstić information content (AvgIpc) is 3.30. The Morgan fingerprint density at radius 3 is 2.55 bits per heavy atom. The Hall–Kier alpha value is -3.67. The van der Waals surface area contributed by atoms with Crippen molar-refractivity contribution in [2.45, 2.75) is 26.4 Å². The molecule has 0 fully saturated rings. The summed E-state index contributed by atoms with van der Waals surface area (Å²) in [7, 11) is 1.85. The van der Waals surface area contributed by atoms with Crippen LogP contribution in [0.5, 0.6) is 0 Å². The van der Waals surface area contributed by atoms with Crippen molar-refractivity contribution in [3.63, 3.8) is 0 Å². The number of nitrogens with zero attached hydrogens (tertiary/aromatic N) is 3. The van der Waals surface area contributed by atoms with Crippen LogP contribution < -0.4 is 5.32 Å². The van der Waals surface area contributed by atoms with E-state index in [0.717, 1.165) is 11.4 Å². The number of aryl methyl sites for hydroxylation is 2. The van der Waals surface area contributed by atoms with Crippen molar-refractivity contribution in [2.24, 2.45) is 7.05 Å². The van der Waals surface area contributed by atoms with Crippen LogP contribution in [0, 0.1) is 19.7 Å². The number of rotatable bonds is 6. The molecule has 0 bridgehead atoms. The topological polar surface area (TPSA) is 51.9 Å². The van der Waals surface area contributed by atoms with Crippen molar-refractivity contribution in [3.8, 4) is 0 Å². The highest BCUT2D eigenvalue weighted by Gasteiger charge is 2.24. The molecular weight excluding hydrogens is 391 g/mol. The van der Waals surface area contributed by atoms with E-state index >= 15 is 0 Å². The number of carbonyl (C=O) groups is 1. The van der Waals surface area contributed by atoms with Crippen LogP contribution in [0.15, 0.2) is 73.1 Å². The van der Waals surface area contributed by atoms with E-state index in [1.165, 1.54) is 17.7 Å². The van der Waals surface area contributed by atoms with Gasteiger partial charge in [0.05, 0.1) is 5.56 Å². The summed E-state index contributed by atoms with van der Waals surface area (Å²) in [4.78, 5) is 17.7. The molecule has 0 radical (unpaired) electrons. The molecule has 2 aromatic heterocycles. The predicted molar refractivity (Wildman–Crippen MR) is 118 cm³/mol. The lowest BCUT2D eigenvalue weighted by Crippen LogP contribution is -2.31. The highest BCUT2D eigenvalue weighted by Crippen LogP contribution is 2.23. The fraction of sp³-hybridized carbons (Fsp3) is 0.200. The van der Waals surface area contributed by atoms with Crippen LogP contribution in [-0.4, -0.2) is 20.0 Å². The van der Waals surface area contributed by atoms with Crippen LogP contribution in [0.3, 0.4) is 0 Å². The number of benzene rings is 2. The summed E-state index contributed by atoms with van der Waals surface area (Å²) in [6.07, 6.45) is 3.47. The highest BCUT2D eigenvalue weighted by molar-refractivity contribution is 5.96. The first-order valence-corrected chi connectivity index (χ1v) is 10.2. The zero-order valence-corrected chi connectivity index (χ0v) is 17.8. The third-order valence-corrected chi connectivity index (χ3v) is 5.58. The minimum Gasteiger partial charge on any atom is -0.344 e. The summed E-state index contributed by atoms with van der Waals surface area (Å²) < 4.78 is 17.9. The van der Waals surface area contributed by atoms with E-state index < -0.39 is 6.04 Å². The first-order valence-electron chi connectivity index (χ1n) is 10.2. The Morgan fingerprint density at radius 1 is 1.10 bits per heavy atom. The summed E-state index contributed by atoms with van der Waals surface area (Å²) in [5.41, 5.74) is 4.30. The molecule has 2 aromatic carbocycles. The number of hydrogen-bond acceptors (Lipinski definition) is 2. The van der Waals surface area contributed by atoms with E-state index in [9.17, 15) is 9.18 Å². The number of aromatic nitrogens is 3. The molecule has 0 aliphatic heterocycles. The van der Waals surface area contributed by atoms with Crippen LogP contribution in [0.2, 0.25) is 0 Å². The molecule has 31 heavy (non-hydrogen) atoms. The average molecular weight is 417 g/mol. The molecule has 4 aromatic rings. The maximum atomic E-state index is 13.9. The minimum atomic E-state index is -0.569. The number of halogens is 1. The maximum Gasteiger partial charge on any atom is 0.253 e. The quantitative estimate of drug-likeness (QED) is 0.502. The molecular formula is C25H25FN4O. The normalized spacial score (nSPS) is 12.0. The Balaban J connectivity index is 1.65. The van der Waals surface area contributed by atoms with Crippen LogP contribution >= 0.6 is 0 Å². The van der Waals surface area contributed by atoms with Crippen molar-refractivity contribution in [3.05, 3.63) is 113 Å². The zero-order valence-electron chi connectivity index (χ0n) is 17.8. The van der Waals surface area contributed by atoms with E-state index in [1.54, 1.807) is 24.5 Å². The molecule has 0 saturated heterocycles. The van der Waals surface area contributed by atoms with Gasteiger partial charge >= 0.3 is 0 Å². The van der Waals surface area contributed by atoms with Crippen molar-refractivity contribution >= 4 is 5.91 Å². The second-order valence-corrected chi connectivity index (χ2v) is 7.71. The van der Waals surface area contributed by atoms with Crippen LogP contribution in [0.1, 0.15) is 44.7 Å². The second-order valence-electron chi connectivity index (χ2n) is 7.71. The molecule has 0 aliphatic rings. The SMILES string of the molecule is Cc1cc(C(=O)NC(c2cccc(F)c2)c2nccn2C)c(C)n1Cc1ccccc1. The van der Waals surface area contributed by atoms with Gasteiger partial charge in [0, 0.05) is 37.4 Å². The number of carbonyl (C=O) groups excluding carboxylic acids is 1. The summed E-state index contributed by atoms with van der Waals surface area (Å²) in [6.45, 7) is 4.64. The van der Waals surface area contributed by atoms with Gasteiger partial charge in [-0.25, -0.2) is 9.37 Å². The molecule has 1 atom stereocenters. The van der Waals surface area contributed by atoms with Crippen LogP contribution in [0.25, 0.3) is 0 Å². The zero-order chi connectivity index (χ0) is 22.0. The monoisotopic (exact) mass is 416 g/mol. The lowest BCUT2D eigenvalue weighted by atomic mass is 10.0. The minimum absolute atomic E-state index is 0.218. The smallest absolute Gasteiger partial charge is 0.253 e. The maximum absolute atomic E-state index is 13.9. The second kappa shape index (κ2) is 8.60. The van der Waals surface area contributed by atoms with Gasteiger partial charge in [-0.05, 0) is 43.2 Å². The summed E-state index contributed by atoms with van der Waals surface area (Å²) >= 11 is 0. The van der Waals surface area contributed by atoms with Crippen LogP contribution in [-0.2, 0) is 13.6 Å². The molecule has 4 rings (SSSR count). The van der Waals surface area contributed by atoms with Gasteiger partial charge in [-0.3, -0.25) is 4.79 Å². The number of amides is 1. The lowest BCUT2D eigenvalue weighted by molar-refractivity contribution is 0.0940. The van der Waals surface area contributed by atoms with Crippen molar-refractivity contribution in [1.29, 1.82) is 0 Å². The number of nitrogens with one attached hydrogen (secondary N) is 1.